The third-order valence-electron chi connectivity index (χ3n) is 4.01. The van der Waals surface area contributed by atoms with E-state index in [2.05, 4.69) is 31.4 Å². The van der Waals surface area contributed by atoms with Gasteiger partial charge in [0, 0.05) is 4.47 Å². The largest absolute Gasteiger partial charge is 0.419 e. The van der Waals surface area contributed by atoms with Crippen molar-refractivity contribution in [3.63, 3.8) is 0 Å². The molecule has 4 nitrogen and oxygen atoms in total. The Hall–Kier alpha value is -1.20. The molecule has 112 valence electrons. The summed E-state index contributed by atoms with van der Waals surface area (Å²) in [5.41, 5.74) is 0.934. The Labute approximate surface area is 133 Å². The minimum absolute atomic E-state index is 0.567. The Morgan fingerprint density at radius 1 is 1.14 bits per heavy atom. The van der Waals surface area contributed by atoms with Crippen molar-refractivity contribution < 1.29 is 4.42 Å². The SMILES string of the molecule is Brc1ccccc1-c1nnc(CNCC2CCCCC2)o1. The van der Waals surface area contributed by atoms with Crippen LogP contribution in [-0.2, 0) is 6.54 Å². The molecule has 0 unspecified atom stereocenters. The zero-order valence-corrected chi connectivity index (χ0v) is 13.6. The van der Waals surface area contributed by atoms with Gasteiger partial charge < -0.3 is 9.73 Å². The van der Waals surface area contributed by atoms with E-state index in [4.69, 9.17) is 4.42 Å². The van der Waals surface area contributed by atoms with Crippen molar-refractivity contribution in [3.8, 4) is 11.5 Å². The van der Waals surface area contributed by atoms with Gasteiger partial charge >= 0.3 is 0 Å². The predicted octanol–water partition coefficient (Wildman–Crippen LogP) is 4.17. The summed E-state index contributed by atoms with van der Waals surface area (Å²) in [6.07, 6.45) is 6.84. The van der Waals surface area contributed by atoms with Crippen molar-refractivity contribution >= 4 is 15.9 Å². The summed E-state index contributed by atoms with van der Waals surface area (Å²) in [6.45, 7) is 1.70. The van der Waals surface area contributed by atoms with E-state index in [-0.39, 0.29) is 0 Å². The number of nitrogens with one attached hydrogen (secondary N) is 1. The second-order valence-corrected chi connectivity index (χ2v) is 6.47. The van der Waals surface area contributed by atoms with Crippen molar-refractivity contribution in [3.05, 3.63) is 34.6 Å². The summed E-state index contributed by atoms with van der Waals surface area (Å²) < 4.78 is 6.69. The number of rotatable bonds is 5. The molecule has 0 atom stereocenters. The number of benzene rings is 1. The molecule has 2 aromatic rings. The Morgan fingerprint density at radius 2 is 1.95 bits per heavy atom. The van der Waals surface area contributed by atoms with Crippen LogP contribution in [0, 0.1) is 5.92 Å². The number of aromatic nitrogens is 2. The second-order valence-electron chi connectivity index (χ2n) is 5.62. The van der Waals surface area contributed by atoms with Gasteiger partial charge in [-0.25, -0.2) is 0 Å². The van der Waals surface area contributed by atoms with Gasteiger partial charge in [-0.3, -0.25) is 0 Å². The molecule has 1 aliphatic carbocycles. The van der Waals surface area contributed by atoms with E-state index in [1.165, 1.54) is 32.1 Å². The molecule has 0 bridgehead atoms. The molecular weight excluding hydrogens is 330 g/mol. The van der Waals surface area contributed by atoms with E-state index in [0.29, 0.717) is 18.3 Å². The molecule has 1 heterocycles. The average molecular weight is 350 g/mol. The summed E-state index contributed by atoms with van der Waals surface area (Å²) >= 11 is 3.50. The summed E-state index contributed by atoms with van der Waals surface area (Å²) in [5.74, 6) is 2.03. The Morgan fingerprint density at radius 3 is 2.76 bits per heavy atom. The molecule has 3 rings (SSSR count). The van der Waals surface area contributed by atoms with Crippen molar-refractivity contribution in [2.45, 2.75) is 38.6 Å². The summed E-state index contributed by atoms with van der Waals surface area (Å²) in [5, 5.41) is 11.7. The molecule has 0 saturated heterocycles. The third kappa shape index (κ3) is 3.92. The van der Waals surface area contributed by atoms with Crippen molar-refractivity contribution in [1.29, 1.82) is 0 Å². The van der Waals surface area contributed by atoms with E-state index in [9.17, 15) is 0 Å². The molecule has 1 saturated carbocycles. The van der Waals surface area contributed by atoms with Crippen LogP contribution in [0.4, 0.5) is 0 Å². The quantitative estimate of drug-likeness (QED) is 0.879. The highest BCUT2D eigenvalue weighted by atomic mass is 79.9. The minimum atomic E-state index is 0.567. The molecule has 0 aliphatic heterocycles. The molecule has 1 N–H and O–H groups in total. The van der Waals surface area contributed by atoms with Crippen molar-refractivity contribution in [2.75, 3.05) is 6.54 Å². The van der Waals surface area contributed by atoms with Crippen molar-refractivity contribution in [2.24, 2.45) is 5.92 Å². The van der Waals surface area contributed by atoms with Gasteiger partial charge in [0.25, 0.3) is 0 Å². The maximum Gasteiger partial charge on any atom is 0.248 e. The molecule has 0 radical (unpaired) electrons. The topological polar surface area (TPSA) is 51.0 Å². The summed E-state index contributed by atoms with van der Waals surface area (Å²) in [7, 11) is 0. The van der Waals surface area contributed by atoms with Crippen LogP contribution in [0.1, 0.15) is 38.0 Å². The highest BCUT2D eigenvalue weighted by molar-refractivity contribution is 9.10. The van der Waals surface area contributed by atoms with Crippen molar-refractivity contribution in [1.82, 2.24) is 15.5 Å². The first-order valence-electron chi connectivity index (χ1n) is 7.61. The molecule has 21 heavy (non-hydrogen) atoms. The highest BCUT2D eigenvalue weighted by Crippen LogP contribution is 2.26. The van der Waals surface area contributed by atoms with E-state index in [1.807, 2.05) is 24.3 Å². The standard InChI is InChI=1S/C16H20BrN3O/c17-14-9-5-4-8-13(14)16-20-19-15(21-16)11-18-10-12-6-2-1-3-7-12/h4-5,8-9,12,18H,1-3,6-7,10-11H2. The van der Waals surface area contributed by atoms with E-state index < -0.39 is 0 Å². The van der Waals surface area contributed by atoms with Gasteiger partial charge in [-0.2, -0.15) is 0 Å². The Kier molecular flexibility index (Phi) is 5.04. The summed E-state index contributed by atoms with van der Waals surface area (Å²) in [4.78, 5) is 0. The normalized spacial score (nSPS) is 16.2. The van der Waals surface area contributed by atoms with Gasteiger partial charge in [0.1, 0.15) is 0 Å². The van der Waals surface area contributed by atoms with E-state index in [1.54, 1.807) is 0 Å². The smallest absolute Gasteiger partial charge is 0.248 e. The molecule has 1 aromatic heterocycles. The van der Waals surface area contributed by atoms with Gasteiger partial charge in [0.2, 0.25) is 11.8 Å². The molecule has 5 heteroatoms. The average Bonchev–Trinajstić information content (AvgIpc) is 2.97. The fourth-order valence-corrected chi connectivity index (χ4v) is 3.30. The van der Waals surface area contributed by atoms with Crippen LogP contribution in [0.5, 0.6) is 0 Å². The highest BCUT2D eigenvalue weighted by Gasteiger charge is 2.14. The molecule has 1 aromatic carbocycles. The van der Waals surface area contributed by atoms with E-state index >= 15 is 0 Å². The van der Waals surface area contributed by atoms with Crippen LogP contribution < -0.4 is 5.32 Å². The number of halogens is 1. The monoisotopic (exact) mass is 349 g/mol. The fourth-order valence-electron chi connectivity index (χ4n) is 2.84. The van der Waals surface area contributed by atoms with Crippen LogP contribution in [0.25, 0.3) is 11.5 Å². The van der Waals surface area contributed by atoms with Gasteiger partial charge in [-0.1, -0.05) is 31.4 Å². The van der Waals surface area contributed by atoms with Crippen LogP contribution in [0.15, 0.2) is 33.2 Å². The van der Waals surface area contributed by atoms with E-state index in [0.717, 1.165) is 22.5 Å². The number of hydrogen-bond acceptors (Lipinski definition) is 4. The van der Waals surface area contributed by atoms with Gasteiger partial charge in [0.05, 0.1) is 12.1 Å². The molecule has 1 aliphatic rings. The minimum Gasteiger partial charge on any atom is -0.419 e. The Bertz CT molecular complexity index is 578. The number of hydrogen-bond donors (Lipinski definition) is 1. The lowest BCUT2D eigenvalue weighted by molar-refractivity contribution is 0.335. The van der Waals surface area contributed by atoms with Crippen LogP contribution in [0.3, 0.4) is 0 Å². The van der Waals surface area contributed by atoms with Gasteiger partial charge in [-0.15, -0.1) is 10.2 Å². The van der Waals surface area contributed by atoms with Crippen LogP contribution in [-0.4, -0.2) is 16.7 Å². The summed E-state index contributed by atoms with van der Waals surface area (Å²) in [6, 6.07) is 7.87. The molecule has 0 amide bonds. The maximum atomic E-state index is 5.73. The lowest BCUT2D eigenvalue weighted by atomic mass is 9.89. The van der Waals surface area contributed by atoms with Gasteiger partial charge in [0.15, 0.2) is 0 Å². The Balaban J connectivity index is 1.54. The fraction of sp³-hybridized carbons (Fsp3) is 0.500. The lowest BCUT2D eigenvalue weighted by Gasteiger charge is -2.21. The first-order chi connectivity index (χ1) is 10.3. The number of nitrogens with zero attached hydrogens (tertiary/aromatic N) is 2. The maximum absolute atomic E-state index is 5.73. The molecule has 0 spiro atoms. The zero-order chi connectivity index (χ0) is 14.5. The predicted molar refractivity (Wildman–Crippen MR) is 85.7 cm³/mol. The second kappa shape index (κ2) is 7.18. The van der Waals surface area contributed by atoms with Crippen LogP contribution >= 0.6 is 15.9 Å². The first kappa shape index (κ1) is 14.7. The van der Waals surface area contributed by atoms with Gasteiger partial charge in [-0.05, 0) is 53.4 Å². The zero-order valence-electron chi connectivity index (χ0n) is 12.0. The third-order valence-corrected chi connectivity index (χ3v) is 4.70. The van der Waals surface area contributed by atoms with Crippen LogP contribution in [0.2, 0.25) is 0 Å². The first-order valence-corrected chi connectivity index (χ1v) is 8.40. The molecular formula is C16H20BrN3O. The lowest BCUT2D eigenvalue weighted by Crippen LogP contribution is -2.24. The molecule has 1 fully saturated rings.